The number of carbonyl (C=O) groups is 2. The van der Waals surface area contributed by atoms with E-state index in [1.807, 2.05) is 51.1 Å². The Morgan fingerprint density at radius 3 is 2.68 bits per heavy atom. The number of hydrogen-bond donors (Lipinski definition) is 3. The third-order valence-electron chi connectivity index (χ3n) is 4.81. The first-order valence-corrected chi connectivity index (χ1v) is 10.4. The van der Waals surface area contributed by atoms with Crippen LogP contribution in [0.3, 0.4) is 0 Å². The molecule has 1 aliphatic heterocycles. The number of likely N-dealkylation sites (tertiary alicyclic amines) is 1. The summed E-state index contributed by atoms with van der Waals surface area (Å²) in [4.78, 5) is 35.1. The number of nitrogen functional groups attached to an aromatic ring is 1. The summed E-state index contributed by atoms with van der Waals surface area (Å²) in [7, 11) is 0. The molecule has 2 amide bonds. The Hall–Kier alpha value is -3.36. The predicted octanol–water partition coefficient (Wildman–Crippen LogP) is 2.80. The first-order chi connectivity index (χ1) is 14.7. The average Bonchev–Trinajstić information content (AvgIpc) is 2.72. The maximum Gasteiger partial charge on any atom is 0.410 e. The standard InChI is InChI=1S/C22H30N6O3/c1-22(2,3)31-21(30)28-11-7-10-16(13-28)27-19-17(18(23)25-14-26-19)20(29)24-12-15-8-5-4-6-9-15/h4-6,8-9,14,16H,7,10-13H2,1-3H3,(H,24,29)(H3,23,25,26,27)/t16-/m1/s1. The van der Waals surface area contributed by atoms with Crippen molar-refractivity contribution in [2.45, 2.75) is 51.8 Å². The molecule has 31 heavy (non-hydrogen) atoms. The monoisotopic (exact) mass is 426 g/mol. The Morgan fingerprint density at radius 1 is 1.23 bits per heavy atom. The lowest BCUT2D eigenvalue weighted by Gasteiger charge is -2.34. The first kappa shape index (κ1) is 22.3. The number of rotatable bonds is 5. The van der Waals surface area contributed by atoms with Crippen LogP contribution in [-0.2, 0) is 11.3 Å². The highest BCUT2D eigenvalue weighted by atomic mass is 16.6. The lowest BCUT2D eigenvalue weighted by atomic mass is 10.1. The van der Waals surface area contributed by atoms with Crippen molar-refractivity contribution in [1.29, 1.82) is 0 Å². The number of ether oxygens (including phenoxy) is 1. The third-order valence-corrected chi connectivity index (χ3v) is 4.81. The maximum atomic E-state index is 12.8. The van der Waals surface area contributed by atoms with E-state index >= 15 is 0 Å². The molecular weight excluding hydrogens is 396 g/mol. The fraction of sp³-hybridized carbons (Fsp3) is 0.455. The van der Waals surface area contributed by atoms with Gasteiger partial charge in [-0.15, -0.1) is 0 Å². The zero-order valence-electron chi connectivity index (χ0n) is 18.2. The molecule has 4 N–H and O–H groups in total. The minimum Gasteiger partial charge on any atom is -0.444 e. The zero-order chi connectivity index (χ0) is 22.4. The van der Waals surface area contributed by atoms with Gasteiger partial charge in [0, 0.05) is 25.7 Å². The zero-order valence-corrected chi connectivity index (χ0v) is 18.2. The second kappa shape index (κ2) is 9.63. The smallest absolute Gasteiger partial charge is 0.410 e. The van der Waals surface area contributed by atoms with E-state index in [0.29, 0.717) is 25.5 Å². The minimum absolute atomic E-state index is 0.0868. The molecule has 0 saturated carbocycles. The molecule has 1 fully saturated rings. The van der Waals surface area contributed by atoms with Crippen LogP contribution in [0, 0.1) is 0 Å². The largest absolute Gasteiger partial charge is 0.444 e. The second-order valence-corrected chi connectivity index (χ2v) is 8.56. The molecule has 0 radical (unpaired) electrons. The summed E-state index contributed by atoms with van der Waals surface area (Å²) in [5, 5.41) is 6.14. The fourth-order valence-electron chi connectivity index (χ4n) is 3.38. The van der Waals surface area contributed by atoms with Crippen molar-refractivity contribution >= 4 is 23.6 Å². The third kappa shape index (κ3) is 6.31. The Labute approximate surface area is 182 Å². The van der Waals surface area contributed by atoms with Gasteiger partial charge in [-0.25, -0.2) is 14.8 Å². The number of nitrogens with zero attached hydrogens (tertiary/aromatic N) is 3. The minimum atomic E-state index is -0.553. The van der Waals surface area contributed by atoms with Crippen molar-refractivity contribution < 1.29 is 14.3 Å². The highest BCUT2D eigenvalue weighted by molar-refractivity contribution is 6.02. The van der Waals surface area contributed by atoms with Crippen LogP contribution in [-0.4, -0.2) is 51.6 Å². The summed E-state index contributed by atoms with van der Waals surface area (Å²) in [5.41, 5.74) is 6.63. The molecule has 9 nitrogen and oxygen atoms in total. The van der Waals surface area contributed by atoms with Crippen LogP contribution >= 0.6 is 0 Å². The molecule has 0 aliphatic carbocycles. The number of carbonyl (C=O) groups excluding carboxylic acids is 2. The number of nitrogens with one attached hydrogen (secondary N) is 2. The Morgan fingerprint density at radius 2 is 1.97 bits per heavy atom. The van der Waals surface area contributed by atoms with Crippen molar-refractivity contribution in [1.82, 2.24) is 20.2 Å². The molecule has 9 heteroatoms. The lowest BCUT2D eigenvalue weighted by molar-refractivity contribution is 0.0206. The molecule has 0 spiro atoms. The van der Waals surface area contributed by atoms with Gasteiger partial charge in [-0.3, -0.25) is 4.79 Å². The van der Waals surface area contributed by atoms with Crippen LogP contribution in [0.1, 0.15) is 49.5 Å². The van der Waals surface area contributed by atoms with Crippen LogP contribution in [0.2, 0.25) is 0 Å². The average molecular weight is 427 g/mol. The van der Waals surface area contributed by atoms with E-state index in [4.69, 9.17) is 10.5 Å². The van der Waals surface area contributed by atoms with Crippen LogP contribution in [0.25, 0.3) is 0 Å². The lowest BCUT2D eigenvalue weighted by Crippen LogP contribution is -2.47. The highest BCUT2D eigenvalue weighted by Crippen LogP contribution is 2.22. The van der Waals surface area contributed by atoms with Gasteiger partial charge in [0.05, 0.1) is 0 Å². The van der Waals surface area contributed by atoms with Crippen molar-refractivity contribution in [2.75, 3.05) is 24.1 Å². The van der Waals surface area contributed by atoms with Crippen LogP contribution in [0.5, 0.6) is 0 Å². The van der Waals surface area contributed by atoms with Gasteiger partial charge in [-0.1, -0.05) is 30.3 Å². The molecule has 1 aliphatic rings. The van der Waals surface area contributed by atoms with Crippen molar-refractivity contribution in [3.05, 3.63) is 47.8 Å². The van der Waals surface area contributed by atoms with Crippen molar-refractivity contribution in [3.63, 3.8) is 0 Å². The summed E-state index contributed by atoms with van der Waals surface area (Å²) in [6.45, 7) is 6.97. The summed E-state index contributed by atoms with van der Waals surface area (Å²) in [6.07, 6.45) is 2.61. The van der Waals surface area contributed by atoms with E-state index in [9.17, 15) is 9.59 Å². The summed E-state index contributed by atoms with van der Waals surface area (Å²) < 4.78 is 5.48. The Bertz CT molecular complexity index is 913. The number of anilines is 2. The number of aromatic nitrogens is 2. The molecule has 166 valence electrons. The van der Waals surface area contributed by atoms with Crippen LogP contribution in [0.4, 0.5) is 16.4 Å². The van der Waals surface area contributed by atoms with Gasteiger partial charge in [0.2, 0.25) is 0 Å². The Kier molecular flexibility index (Phi) is 6.94. The van der Waals surface area contributed by atoms with Crippen molar-refractivity contribution in [2.24, 2.45) is 0 Å². The van der Waals surface area contributed by atoms with Gasteiger partial charge < -0.3 is 26.0 Å². The topological polar surface area (TPSA) is 122 Å². The quantitative estimate of drug-likeness (QED) is 0.672. The normalized spacial score (nSPS) is 16.5. The van der Waals surface area contributed by atoms with E-state index in [1.54, 1.807) is 4.90 Å². The van der Waals surface area contributed by atoms with Gasteiger partial charge in [0.15, 0.2) is 0 Å². The number of hydrogen-bond acceptors (Lipinski definition) is 7. The van der Waals surface area contributed by atoms with Gasteiger partial charge >= 0.3 is 6.09 Å². The van der Waals surface area contributed by atoms with Gasteiger partial charge in [-0.05, 0) is 39.2 Å². The predicted molar refractivity (Wildman–Crippen MR) is 119 cm³/mol. The number of benzene rings is 1. The number of piperidine rings is 1. The summed E-state index contributed by atoms with van der Waals surface area (Å²) >= 11 is 0. The number of nitrogens with two attached hydrogens (primary N) is 1. The Balaban J connectivity index is 1.68. The molecule has 1 atom stereocenters. The van der Waals surface area contributed by atoms with E-state index in [0.717, 1.165) is 18.4 Å². The van der Waals surface area contributed by atoms with E-state index in [2.05, 4.69) is 20.6 Å². The van der Waals surface area contributed by atoms with E-state index in [-0.39, 0.29) is 29.4 Å². The number of amides is 2. The SMILES string of the molecule is CC(C)(C)OC(=O)N1CCC[C@@H](Nc2ncnc(N)c2C(=O)NCc2ccccc2)C1. The molecule has 2 aromatic rings. The molecule has 0 unspecified atom stereocenters. The van der Waals surface area contributed by atoms with Crippen LogP contribution in [0.15, 0.2) is 36.7 Å². The van der Waals surface area contributed by atoms with E-state index < -0.39 is 5.60 Å². The fourth-order valence-corrected chi connectivity index (χ4v) is 3.38. The molecular formula is C22H30N6O3. The molecule has 1 aromatic carbocycles. The van der Waals surface area contributed by atoms with Crippen LogP contribution < -0.4 is 16.4 Å². The van der Waals surface area contributed by atoms with Crippen molar-refractivity contribution in [3.8, 4) is 0 Å². The van der Waals surface area contributed by atoms with E-state index in [1.165, 1.54) is 6.33 Å². The summed E-state index contributed by atoms with van der Waals surface area (Å²) in [6, 6.07) is 9.51. The maximum absolute atomic E-state index is 12.8. The first-order valence-electron chi connectivity index (χ1n) is 10.4. The molecule has 3 rings (SSSR count). The molecule has 2 heterocycles. The summed E-state index contributed by atoms with van der Waals surface area (Å²) in [5.74, 6) is 0.0984. The van der Waals surface area contributed by atoms with Gasteiger partial charge in [-0.2, -0.15) is 0 Å². The molecule has 1 aromatic heterocycles. The van der Waals surface area contributed by atoms with Gasteiger partial charge in [0.1, 0.15) is 29.1 Å². The molecule has 0 bridgehead atoms. The molecule has 1 saturated heterocycles. The second-order valence-electron chi connectivity index (χ2n) is 8.56. The highest BCUT2D eigenvalue weighted by Gasteiger charge is 2.29. The van der Waals surface area contributed by atoms with Gasteiger partial charge in [0.25, 0.3) is 5.91 Å².